The molecule has 1 spiro atoms. The number of nitrogens with zero attached hydrogens (tertiary/aromatic N) is 5. The third-order valence-corrected chi connectivity index (χ3v) is 14.7. The molecule has 3 aliphatic rings. The van der Waals surface area contributed by atoms with E-state index in [9.17, 15) is 0 Å². The van der Waals surface area contributed by atoms with Gasteiger partial charge in [0.2, 0.25) is 5.95 Å². The number of anilines is 3. The highest BCUT2D eigenvalue weighted by Gasteiger charge is 2.53. The van der Waals surface area contributed by atoms with E-state index in [0.717, 1.165) is 28.2 Å². The Morgan fingerprint density at radius 3 is 1.81 bits per heavy atom. The molecule has 9 aromatic carbocycles. The van der Waals surface area contributed by atoms with Gasteiger partial charge in [0, 0.05) is 27.6 Å². The molecule has 0 saturated heterocycles. The van der Waals surface area contributed by atoms with Gasteiger partial charge in [0.05, 0.1) is 27.8 Å². The summed E-state index contributed by atoms with van der Waals surface area (Å²) in [5.41, 5.74) is 18.3. The molecule has 0 amide bonds. The van der Waals surface area contributed by atoms with Crippen LogP contribution in [0.4, 0.5) is 17.3 Å². The standard InChI is InChI=1S/C62H43N5/c1-39-36-48(39)44-32-34-55-52(38-44)62(50-29-14-16-31-54(50)67(55)61-64-59(41-20-7-3-8-21-41)63-60(65-61)42-22-9-4-10-23-42)49-28-13-11-26-46(49)57-51(62)33-35-56-58(57)47-27-12-15-30-53(47)66(56)45-25-17-24-43(37-45)40-18-5-2-6-19-40/h2-35,37-39,48H,36H2,1H3/t39?,48-,62?/m0/s1. The van der Waals surface area contributed by atoms with Gasteiger partial charge in [-0.2, -0.15) is 9.97 Å². The quantitative estimate of drug-likeness (QED) is 0.167. The predicted molar refractivity (Wildman–Crippen MR) is 273 cm³/mol. The van der Waals surface area contributed by atoms with Crippen LogP contribution in [0.5, 0.6) is 0 Å². The second-order valence-electron chi connectivity index (χ2n) is 18.4. The van der Waals surface area contributed by atoms with Gasteiger partial charge >= 0.3 is 0 Å². The van der Waals surface area contributed by atoms with Crippen molar-refractivity contribution in [3.05, 3.63) is 246 Å². The van der Waals surface area contributed by atoms with Gasteiger partial charge in [0.1, 0.15) is 0 Å². The average molecular weight is 858 g/mol. The van der Waals surface area contributed by atoms with Crippen LogP contribution in [0, 0.1) is 5.92 Å². The zero-order valence-corrected chi connectivity index (χ0v) is 36.9. The third kappa shape index (κ3) is 5.58. The van der Waals surface area contributed by atoms with E-state index in [1.807, 2.05) is 36.4 Å². The summed E-state index contributed by atoms with van der Waals surface area (Å²) in [6.45, 7) is 2.38. The second-order valence-corrected chi connectivity index (χ2v) is 18.4. The molecule has 0 bridgehead atoms. The third-order valence-electron chi connectivity index (χ3n) is 14.7. The Morgan fingerprint density at radius 1 is 0.463 bits per heavy atom. The first-order valence-electron chi connectivity index (χ1n) is 23.4. The van der Waals surface area contributed by atoms with Crippen molar-refractivity contribution in [1.29, 1.82) is 0 Å². The topological polar surface area (TPSA) is 46.8 Å². The van der Waals surface area contributed by atoms with Crippen LogP contribution in [0.1, 0.15) is 47.1 Å². The molecule has 1 fully saturated rings. The van der Waals surface area contributed by atoms with Gasteiger partial charge in [-0.25, -0.2) is 4.98 Å². The number of aromatic nitrogens is 4. The lowest BCUT2D eigenvalue weighted by Crippen LogP contribution is -2.37. The second kappa shape index (κ2) is 14.5. The van der Waals surface area contributed by atoms with Crippen LogP contribution >= 0.6 is 0 Å². The molecule has 2 unspecified atom stereocenters. The van der Waals surface area contributed by atoms with Gasteiger partial charge in [0.25, 0.3) is 0 Å². The van der Waals surface area contributed by atoms with Crippen LogP contribution in [0.15, 0.2) is 218 Å². The molecule has 5 nitrogen and oxygen atoms in total. The van der Waals surface area contributed by atoms with E-state index < -0.39 is 5.41 Å². The molecule has 0 N–H and O–H groups in total. The van der Waals surface area contributed by atoms with Crippen molar-refractivity contribution in [1.82, 2.24) is 19.5 Å². The summed E-state index contributed by atoms with van der Waals surface area (Å²) in [5, 5.41) is 2.51. The fourth-order valence-corrected chi connectivity index (χ4v) is 11.6. The van der Waals surface area contributed by atoms with Crippen LogP contribution in [-0.2, 0) is 5.41 Å². The summed E-state index contributed by atoms with van der Waals surface area (Å²) >= 11 is 0. The first kappa shape index (κ1) is 37.9. The van der Waals surface area contributed by atoms with Gasteiger partial charge < -0.3 is 4.57 Å². The van der Waals surface area contributed by atoms with Crippen molar-refractivity contribution in [3.8, 4) is 50.7 Å². The number of para-hydroxylation sites is 2. The van der Waals surface area contributed by atoms with Crippen LogP contribution in [0.25, 0.3) is 72.5 Å². The van der Waals surface area contributed by atoms with E-state index in [1.165, 1.54) is 78.3 Å². The van der Waals surface area contributed by atoms with E-state index in [4.69, 9.17) is 15.0 Å². The predicted octanol–water partition coefficient (Wildman–Crippen LogP) is 15.2. The summed E-state index contributed by atoms with van der Waals surface area (Å²) < 4.78 is 2.47. The van der Waals surface area contributed by atoms with Crippen molar-refractivity contribution < 1.29 is 0 Å². The van der Waals surface area contributed by atoms with E-state index in [2.05, 4.69) is 198 Å². The van der Waals surface area contributed by atoms with E-state index in [0.29, 0.717) is 29.4 Å². The maximum absolute atomic E-state index is 5.37. The fourth-order valence-electron chi connectivity index (χ4n) is 11.6. The molecule has 1 saturated carbocycles. The Labute approximate surface area is 389 Å². The molecule has 3 heterocycles. The number of benzene rings is 9. The lowest BCUT2D eigenvalue weighted by molar-refractivity contribution is 0.746. The Morgan fingerprint density at radius 2 is 1.07 bits per heavy atom. The van der Waals surface area contributed by atoms with Gasteiger partial charge in [-0.15, -0.1) is 0 Å². The van der Waals surface area contributed by atoms with E-state index >= 15 is 0 Å². The van der Waals surface area contributed by atoms with Crippen LogP contribution in [-0.4, -0.2) is 19.5 Å². The zero-order valence-electron chi connectivity index (χ0n) is 36.9. The zero-order chi connectivity index (χ0) is 44.2. The maximum Gasteiger partial charge on any atom is 0.238 e. The molecule has 3 atom stereocenters. The summed E-state index contributed by atoms with van der Waals surface area (Å²) in [5.74, 6) is 3.02. The Hall–Kier alpha value is -8.41. The molecule has 14 rings (SSSR count). The van der Waals surface area contributed by atoms with Crippen molar-refractivity contribution >= 4 is 39.1 Å². The Kier molecular flexibility index (Phi) is 8.23. The summed E-state index contributed by atoms with van der Waals surface area (Å²) in [6.07, 6.45) is 1.19. The molecule has 5 heteroatoms. The van der Waals surface area contributed by atoms with Gasteiger partial charge in [-0.05, 0) is 105 Å². The molecular formula is C62H43N5. The van der Waals surface area contributed by atoms with Gasteiger partial charge in [-0.1, -0.05) is 189 Å². The van der Waals surface area contributed by atoms with Crippen LogP contribution in [0.3, 0.4) is 0 Å². The SMILES string of the molecule is CC1C[C@@H]1c1ccc2c(c1)C1(c3ccccc3-c3c1ccc1c3c3ccccc3n1-c1cccc(-c3ccccc3)c1)c1ccccc1N2c1nc(-c2ccccc2)nc(-c2ccccc2)n1. The Balaban J connectivity index is 1.06. The normalized spacial score (nSPS) is 17.6. The molecule has 2 aliphatic carbocycles. The monoisotopic (exact) mass is 857 g/mol. The van der Waals surface area contributed by atoms with Gasteiger partial charge in [0.15, 0.2) is 11.6 Å². The first-order chi connectivity index (χ1) is 33.1. The lowest BCUT2D eigenvalue weighted by Gasteiger charge is -2.44. The van der Waals surface area contributed by atoms with Crippen molar-refractivity contribution in [2.75, 3.05) is 4.90 Å². The molecule has 11 aromatic rings. The highest BCUT2D eigenvalue weighted by molar-refractivity contribution is 6.19. The maximum atomic E-state index is 5.37. The fraction of sp³-hybridized carbons (Fsp3) is 0.0806. The molecule has 0 radical (unpaired) electrons. The molecule has 2 aromatic heterocycles. The minimum atomic E-state index is -0.648. The van der Waals surface area contributed by atoms with Gasteiger partial charge in [-0.3, -0.25) is 4.90 Å². The highest BCUT2D eigenvalue weighted by atomic mass is 15.3. The first-order valence-corrected chi connectivity index (χ1v) is 23.4. The molecule has 1 aliphatic heterocycles. The van der Waals surface area contributed by atoms with Crippen LogP contribution in [0.2, 0.25) is 0 Å². The molecule has 67 heavy (non-hydrogen) atoms. The summed E-state index contributed by atoms with van der Waals surface area (Å²) in [6, 6.07) is 79.4. The van der Waals surface area contributed by atoms with Crippen molar-refractivity contribution in [2.45, 2.75) is 24.7 Å². The highest BCUT2D eigenvalue weighted by Crippen LogP contribution is 2.65. The molecule has 316 valence electrons. The lowest BCUT2D eigenvalue weighted by atomic mass is 9.64. The summed E-state index contributed by atoms with van der Waals surface area (Å²) in [7, 11) is 0. The summed E-state index contributed by atoms with van der Waals surface area (Å²) in [4.78, 5) is 18.2. The minimum Gasteiger partial charge on any atom is -0.309 e. The number of rotatable bonds is 6. The van der Waals surface area contributed by atoms with E-state index in [-0.39, 0.29) is 0 Å². The Bertz CT molecular complexity index is 3710. The average Bonchev–Trinajstić information content (AvgIpc) is 3.94. The van der Waals surface area contributed by atoms with Crippen LogP contribution < -0.4 is 4.90 Å². The van der Waals surface area contributed by atoms with Crippen molar-refractivity contribution in [3.63, 3.8) is 0 Å². The number of fused-ring (bicyclic) bond motifs is 13. The number of hydrogen-bond donors (Lipinski definition) is 0. The number of hydrogen-bond acceptors (Lipinski definition) is 4. The van der Waals surface area contributed by atoms with E-state index in [1.54, 1.807) is 0 Å². The smallest absolute Gasteiger partial charge is 0.238 e. The largest absolute Gasteiger partial charge is 0.309 e. The van der Waals surface area contributed by atoms with Crippen molar-refractivity contribution in [2.24, 2.45) is 5.92 Å². The molecular weight excluding hydrogens is 815 g/mol. The minimum absolute atomic E-state index is 0.516.